The average Bonchev–Trinajstić information content (AvgIpc) is 2.29. The Bertz CT molecular complexity index is 522. The first-order valence-electron chi connectivity index (χ1n) is 4.97. The summed E-state index contributed by atoms with van der Waals surface area (Å²) in [5.41, 5.74) is 0.744. The summed E-state index contributed by atoms with van der Waals surface area (Å²) in [7, 11) is -1.94. The summed E-state index contributed by atoms with van der Waals surface area (Å²) in [6.07, 6.45) is 3.58. The highest BCUT2D eigenvalue weighted by Crippen LogP contribution is 2.39. The van der Waals surface area contributed by atoms with Gasteiger partial charge in [-0.3, -0.25) is 4.55 Å². The Hall–Kier alpha value is -1.73. The second-order valence-corrected chi connectivity index (χ2v) is 4.29. The number of benzene rings is 1. The van der Waals surface area contributed by atoms with E-state index in [0.717, 1.165) is 5.56 Å². The number of methoxy groups -OCH3 is 2. The molecule has 0 aliphatic rings. The van der Waals surface area contributed by atoms with Gasteiger partial charge in [0.1, 0.15) is 0 Å². The molecule has 100 valence electrons. The zero-order valence-corrected chi connectivity index (χ0v) is 11.0. The van der Waals surface area contributed by atoms with Crippen molar-refractivity contribution in [3.63, 3.8) is 0 Å². The molecule has 6 nitrogen and oxygen atoms in total. The highest BCUT2D eigenvalue weighted by atomic mass is 32.3. The minimum Gasteiger partial charge on any atom is -0.493 e. The van der Waals surface area contributed by atoms with Crippen molar-refractivity contribution < 1.29 is 26.6 Å². The molecule has 0 saturated carbocycles. The van der Waals surface area contributed by atoms with Crippen LogP contribution >= 0.6 is 0 Å². The lowest BCUT2D eigenvalue weighted by Crippen LogP contribution is -2.09. The SMILES string of the molecule is CC=Cc1cc(OC)c(OS(=O)(=O)O)c(OC)c1. The molecule has 18 heavy (non-hydrogen) atoms. The maximum atomic E-state index is 10.8. The molecular formula is C11H14O6S. The van der Waals surface area contributed by atoms with Gasteiger partial charge >= 0.3 is 10.4 Å². The van der Waals surface area contributed by atoms with E-state index in [1.807, 2.05) is 6.92 Å². The maximum absolute atomic E-state index is 10.8. The normalized spacial score (nSPS) is 11.6. The van der Waals surface area contributed by atoms with Gasteiger partial charge in [-0.2, -0.15) is 8.42 Å². The molecule has 0 aliphatic carbocycles. The smallest absolute Gasteiger partial charge is 0.446 e. The van der Waals surface area contributed by atoms with Crippen LogP contribution in [-0.2, 0) is 10.4 Å². The largest absolute Gasteiger partial charge is 0.493 e. The van der Waals surface area contributed by atoms with E-state index in [1.54, 1.807) is 24.3 Å². The fraction of sp³-hybridized carbons (Fsp3) is 0.273. The molecule has 0 radical (unpaired) electrons. The highest BCUT2D eigenvalue weighted by molar-refractivity contribution is 7.81. The predicted octanol–water partition coefficient (Wildman–Crippen LogP) is 1.92. The first kappa shape index (κ1) is 14.3. The monoisotopic (exact) mass is 274 g/mol. The third kappa shape index (κ3) is 3.64. The van der Waals surface area contributed by atoms with E-state index in [0.29, 0.717) is 0 Å². The Morgan fingerprint density at radius 2 is 1.67 bits per heavy atom. The summed E-state index contributed by atoms with van der Waals surface area (Å²) in [4.78, 5) is 0. The van der Waals surface area contributed by atoms with Crippen LogP contribution in [0.5, 0.6) is 17.2 Å². The first-order chi connectivity index (χ1) is 8.41. The van der Waals surface area contributed by atoms with Crippen molar-refractivity contribution in [2.45, 2.75) is 6.92 Å². The molecule has 0 amide bonds. The third-order valence-corrected chi connectivity index (χ3v) is 2.41. The van der Waals surface area contributed by atoms with E-state index in [9.17, 15) is 8.42 Å². The van der Waals surface area contributed by atoms with Gasteiger partial charge in [0, 0.05) is 0 Å². The van der Waals surface area contributed by atoms with Crippen molar-refractivity contribution in [3.8, 4) is 17.2 Å². The molecule has 1 rings (SSSR count). The van der Waals surface area contributed by atoms with Gasteiger partial charge in [-0.1, -0.05) is 12.2 Å². The molecule has 0 heterocycles. The Morgan fingerprint density at radius 3 is 2.00 bits per heavy atom. The predicted molar refractivity (Wildman–Crippen MR) is 66.4 cm³/mol. The number of ether oxygens (including phenoxy) is 2. The fourth-order valence-corrected chi connectivity index (χ4v) is 1.75. The number of rotatable bonds is 5. The first-order valence-corrected chi connectivity index (χ1v) is 6.33. The Kier molecular flexibility index (Phi) is 4.57. The van der Waals surface area contributed by atoms with E-state index in [1.165, 1.54) is 14.2 Å². The lowest BCUT2D eigenvalue weighted by atomic mass is 10.1. The average molecular weight is 274 g/mol. The van der Waals surface area contributed by atoms with Crippen molar-refractivity contribution in [1.29, 1.82) is 0 Å². The van der Waals surface area contributed by atoms with Crippen molar-refractivity contribution >= 4 is 16.5 Å². The van der Waals surface area contributed by atoms with E-state index >= 15 is 0 Å². The minimum atomic E-state index is -4.65. The van der Waals surface area contributed by atoms with E-state index < -0.39 is 10.4 Å². The third-order valence-electron chi connectivity index (χ3n) is 2.03. The van der Waals surface area contributed by atoms with Crippen molar-refractivity contribution in [1.82, 2.24) is 0 Å². The Labute approximate surface area is 106 Å². The molecule has 0 unspecified atom stereocenters. The number of hydrogen-bond donors (Lipinski definition) is 1. The lowest BCUT2D eigenvalue weighted by Gasteiger charge is -2.13. The standard InChI is InChI=1S/C11H14O6S/c1-4-5-8-6-9(15-2)11(10(7-8)16-3)17-18(12,13)14/h4-7H,1-3H3,(H,12,13,14). The van der Waals surface area contributed by atoms with Crippen LogP contribution in [0.25, 0.3) is 6.08 Å². The molecule has 0 bridgehead atoms. The molecule has 1 N–H and O–H groups in total. The second kappa shape index (κ2) is 5.74. The van der Waals surface area contributed by atoms with Gasteiger partial charge in [0.15, 0.2) is 11.5 Å². The molecule has 0 aliphatic heterocycles. The molecule has 0 aromatic heterocycles. The quantitative estimate of drug-likeness (QED) is 0.826. The highest BCUT2D eigenvalue weighted by Gasteiger charge is 2.19. The van der Waals surface area contributed by atoms with Gasteiger partial charge in [0.05, 0.1) is 14.2 Å². The van der Waals surface area contributed by atoms with Crippen molar-refractivity contribution in [2.75, 3.05) is 14.2 Å². The maximum Gasteiger partial charge on any atom is 0.446 e. The van der Waals surface area contributed by atoms with Crippen molar-refractivity contribution in [2.24, 2.45) is 0 Å². The van der Waals surface area contributed by atoms with Gasteiger partial charge in [-0.25, -0.2) is 0 Å². The second-order valence-electron chi connectivity index (χ2n) is 3.27. The van der Waals surface area contributed by atoms with Gasteiger partial charge in [-0.05, 0) is 24.6 Å². The van der Waals surface area contributed by atoms with Crippen LogP contribution in [0, 0.1) is 0 Å². The van der Waals surface area contributed by atoms with Crippen LogP contribution in [0.2, 0.25) is 0 Å². The summed E-state index contributed by atoms with van der Waals surface area (Å²) >= 11 is 0. The minimum absolute atomic E-state index is 0.139. The van der Waals surface area contributed by atoms with Crippen LogP contribution < -0.4 is 13.7 Å². The van der Waals surface area contributed by atoms with Crippen LogP contribution in [0.1, 0.15) is 12.5 Å². The number of hydrogen-bond acceptors (Lipinski definition) is 5. The fourth-order valence-electron chi connectivity index (χ4n) is 1.38. The summed E-state index contributed by atoms with van der Waals surface area (Å²) in [6, 6.07) is 3.12. The van der Waals surface area contributed by atoms with E-state index in [4.69, 9.17) is 14.0 Å². The zero-order chi connectivity index (χ0) is 13.8. The van der Waals surface area contributed by atoms with Crippen LogP contribution in [0.15, 0.2) is 18.2 Å². The van der Waals surface area contributed by atoms with Gasteiger partial charge in [-0.15, -0.1) is 0 Å². The molecule has 7 heteroatoms. The lowest BCUT2D eigenvalue weighted by molar-refractivity contribution is 0.337. The van der Waals surface area contributed by atoms with Crippen LogP contribution in [-0.4, -0.2) is 27.2 Å². The van der Waals surface area contributed by atoms with Crippen LogP contribution in [0.4, 0.5) is 0 Å². The zero-order valence-electron chi connectivity index (χ0n) is 10.2. The van der Waals surface area contributed by atoms with E-state index in [2.05, 4.69) is 4.18 Å². The van der Waals surface area contributed by atoms with E-state index in [-0.39, 0.29) is 17.2 Å². The van der Waals surface area contributed by atoms with Gasteiger partial charge in [0.2, 0.25) is 5.75 Å². The molecule has 0 saturated heterocycles. The van der Waals surface area contributed by atoms with Crippen molar-refractivity contribution in [3.05, 3.63) is 23.8 Å². The molecule has 0 atom stereocenters. The molecule has 1 aromatic carbocycles. The summed E-state index contributed by atoms with van der Waals surface area (Å²) < 4.78 is 44.7. The summed E-state index contributed by atoms with van der Waals surface area (Å²) in [6.45, 7) is 1.83. The molecular weight excluding hydrogens is 260 g/mol. The van der Waals surface area contributed by atoms with Gasteiger partial charge in [0.25, 0.3) is 0 Å². The Morgan fingerprint density at radius 1 is 1.17 bits per heavy atom. The number of allylic oxidation sites excluding steroid dienone is 1. The molecule has 0 fully saturated rings. The van der Waals surface area contributed by atoms with Gasteiger partial charge < -0.3 is 13.7 Å². The molecule has 0 spiro atoms. The van der Waals surface area contributed by atoms with Crippen LogP contribution in [0.3, 0.4) is 0 Å². The molecule has 1 aromatic rings. The summed E-state index contributed by atoms with van der Waals surface area (Å²) in [5, 5.41) is 0. The topological polar surface area (TPSA) is 82.1 Å². The Balaban J connectivity index is 3.39. The summed E-state index contributed by atoms with van der Waals surface area (Å²) in [5.74, 6) is 0.0795.